The molecule has 2 aromatic carbocycles. The summed E-state index contributed by atoms with van der Waals surface area (Å²) in [6, 6.07) is 11.6. The Bertz CT molecular complexity index is 1030. The topological polar surface area (TPSA) is 75.0 Å². The molecule has 0 amide bonds. The summed E-state index contributed by atoms with van der Waals surface area (Å²) < 4.78 is 21.6. The van der Waals surface area contributed by atoms with Crippen LogP contribution in [0, 0.1) is 5.92 Å². The number of ether oxygens (including phenoxy) is 3. The average molecular weight is 352 g/mol. The van der Waals surface area contributed by atoms with E-state index in [0.717, 1.165) is 12.8 Å². The normalized spacial score (nSPS) is 13.4. The standard InChI is InChI=1S/C20H16O6/c1-23-13-3-2-4-14(9-13)25-18-11-24-17-10-15(7-8-16(17)19(18)21)26-20(22)12-5-6-12/h2-4,7-12H,5-6H2,1H3. The van der Waals surface area contributed by atoms with Crippen molar-refractivity contribution in [2.75, 3.05) is 7.11 Å². The summed E-state index contributed by atoms with van der Waals surface area (Å²) in [7, 11) is 1.55. The summed E-state index contributed by atoms with van der Waals surface area (Å²) in [5, 5.41) is 0.344. The van der Waals surface area contributed by atoms with Crippen molar-refractivity contribution in [3.63, 3.8) is 0 Å². The van der Waals surface area contributed by atoms with Crippen LogP contribution in [0.4, 0.5) is 0 Å². The molecule has 1 aliphatic carbocycles. The summed E-state index contributed by atoms with van der Waals surface area (Å²) in [5.41, 5.74) is 0.0169. The second-order valence-corrected chi connectivity index (χ2v) is 6.06. The van der Waals surface area contributed by atoms with Gasteiger partial charge in [-0.2, -0.15) is 0 Å². The van der Waals surface area contributed by atoms with Crippen LogP contribution in [0.2, 0.25) is 0 Å². The number of rotatable bonds is 5. The first kappa shape index (κ1) is 16.2. The molecule has 0 saturated heterocycles. The zero-order valence-corrected chi connectivity index (χ0v) is 14.1. The van der Waals surface area contributed by atoms with Gasteiger partial charge in [0, 0.05) is 12.1 Å². The fraction of sp³-hybridized carbons (Fsp3) is 0.200. The highest BCUT2D eigenvalue weighted by atomic mass is 16.5. The maximum Gasteiger partial charge on any atom is 0.314 e. The molecule has 3 aromatic rings. The minimum Gasteiger partial charge on any atom is -0.497 e. The molecule has 1 fully saturated rings. The largest absolute Gasteiger partial charge is 0.497 e. The Balaban J connectivity index is 1.61. The number of carbonyl (C=O) groups is 1. The van der Waals surface area contributed by atoms with E-state index in [4.69, 9.17) is 18.6 Å². The lowest BCUT2D eigenvalue weighted by atomic mass is 10.2. The molecule has 132 valence electrons. The van der Waals surface area contributed by atoms with Crippen molar-refractivity contribution < 1.29 is 23.4 Å². The molecule has 1 aliphatic rings. The number of hydrogen-bond donors (Lipinski definition) is 0. The van der Waals surface area contributed by atoms with Gasteiger partial charge in [0.2, 0.25) is 11.2 Å². The van der Waals surface area contributed by atoms with E-state index < -0.39 is 0 Å². The van der Waals surface area contributed by atoms with Gasteiger partial charge < -0.3 is 18.6 Å². The molecule has 0 aliphatic heterocycles. The van der Waals surface area contributed by atoms with Crippen molar-refractivity contribution in [2.45, 2.75) is 12.8 Å². The Hall–Kier alpha value is -3.28. The molecular formula is C20H16O6. The number of hydrogen-bond acceptors (Lipinski definition) is 6. The van der Waals surface area contributed by atoms with E-state index in [0.29, 0.717) is 28.2 Å². The summed E-state index contributed by atoms with van der Waals surface area (Å²) in [6.45, 7) is 0. The number of esters is 1. The van der Waals surface area contributed by atoms with Gasteiger partial charge in [0.05, 0.1) is 18.4 Å². The molecule has 26 heavy (non-hydrogen) atoms. The number of methoxy groups -OCH3 is 1. The predicted octanol–water partition coefficient (Wildman–Crippen LogP) is 3.91. The monoisotopic (exact) mass is 352 g/mol. The van der Waals surface area contributed by atoms with Gasteiger partial charge >= 0.3 is 5.97 Å². The van der Waals surface area contributed by atoms with E-state index in [1.54, 1.807) is 43.5 Å². The first-order valence-corrected chi connectivity index (χ1v) is 8.23. The van der Waals surface area contributed by atoms with Crippen LogP contribution in [0.3, 0.4) is 0 Å². The van der Waals surface area contributed by atoms with Crippen LogP contribution in [0.15, 0.2) is 57.9 Å². The lowest BCUT2D eigenvalue weighted by molar-refractivity contribution is -0.135. The van der Waals surface area contributed by atoms with Crippen LogP contribution in [-0.2, 0) is 4.79 Å². The van der Waals surface area contributed by atoms with E-state index in [9.17, 15) is 9.59 Å². The Morgan fingerprint density at radius 2 is 1.88 bits per heavy atom. The Kier molecular flexibility index (Phi) is 4.08. The van der Waals surface area contributed by atoms with Gasteiger partial charge in [0.15, 0.2) is 0 Å². The van der Waals surface area contributed by atoms with Gasteiger partial charge in [-0.3, -0.25) is 9.59 Å². The van der Waals surface area contributed by atoms with Crippen molar-refractivity contribution in [1.29, 1.82) is 0 Å². The van der Waals surface area contributed by atoms with Crippen molar-refractivity contribution in [3.05, 3.63) is 59.0 Å². The highest BCUT2D eigenvalue weighted by Crippen LogP contribution is 2.31. The van der Waals surface area contributed by atoms with E-state index >= 15 is 0 Å². The maximum absolute atomic E-state index is 12.6. The van der Waals surface area contributed by atoms with Gasteiger partial charge in [0.1, 0.15) is 29.1 Å². The van der Waals surface area contributed by atoms with E-state index in [1.807, 2.05) is 0 Å². The molecule has 4 rings (SSSR count). The number of carbonyl (C=O) groups excluding carboxylic acids is 1. The van der Waals surface area contributed by atoms with Crippen LogP contribution in [-0.4, -0.2) is 13.1 Å². The van der Waals surface area contributed by atoms with Gasteiger partial charge in [-0.05, 0) is 37.1 Å². The first-order valence-electron chi connectivity index (χ1n) is 8.23. The highest BCUT2D eigenvalue weighted by Gasteiger charge is 2.31. The third kappa shape index (κ3) is 3.26. The molecule has 0 radical (unpaired) electrons. The second-order valence-electron chi connectivity index (χ2n) is 6.06. The number of benzene rings is 2. The lowest BCUT2D eigenvalue weighted by Crippen LogP contribution is -2.10. The smallest absolute Gasteiger partial charge is 0.314 e. The molecule has 6 heteroatoms. The summed E-state index contributed by atoms with van der Waals surface area (Å²) >= 11 is 0. The quantitative estimate of drug-likeness (QED) is 0.512. The minimum atomic E-state index is -0.311. The first-order chi connectivity index (χ1) is 12.6. The summed E-state index contributed by atoms with van der Waals surface area (Å²) in [4.78, 5) is 24.4. The van der Waals surface area contributed by atoms with Gasteiger partial charge in [-0.15, -0.1) is 0 Å². The van der Waals surface area contributed by atoms with Gasteiger partial charge in [-0.1, -0.05) is 6.07 Å². The zero-order chi connectivity index (χ0) is 18.1. The minimum absolute atomic E-state index is 0.00338. The van der Waals surface area contributed by atoms with Crippen LogP contribution >= 0.6 is 0 Å². The highest BCUT2D eigenvalue weighted by molar-refractivity contribution is 5.82. The molecule has 1 heterocycles. The van der Waals surface area contributed by atoms with Crippen LogP contribution < -0.4 is 19.6 Å². The van der Waals surface area contributed by atoms with Gasteiger partial charge in [0.25, 0.3) is 0 Å². The molecule has 6 nitrogen and oxygen atoms in total. The Labute approximate surface area is 148 Å². The van der Waals surface area contributed by atoms with Crippen LogP contribution in [0.25, 0.3) is 11.0 Å². The molecule has 1 aromatic heterocycles. The number of fused-ring (bicyclic) bond motifs is 1. The van der Waals surface area contributed by atoms with Crippen LogP contribution in [0.5, 0.6) is 23.0 Å². The summed E-state index contributed by atoms with van der Waals surface area (Å²) in [5.74, 6) is 1.26. The van der Waals surface area contributed by atoms with E-state index in [-0.39, 0.29) is 23.1 Å². The molecule has 0 N–H and O–H groups in total. The third-order valence-electron chi connectivity index (χ3n) is 4.11. The van der Waals surface area contributed by atoms with Gasteiger partial charge in [-0.25, -0.2) is 0 Å². The zero-order valence-electron chi connectivity index (χ0n) is 14.1. The summed E-state index contributed by atoms with van der Waals surface area (Å²) in [6.07, 6.45) is 2.98. The van der Waals surface area contributed by atoms with Crippen molar-refractivity contribution in [2.24, 2.45) is 5.92 Å². The average Bonchev–Trinajstić information content (AvgIpc) is 3.49. The van der Waals surface area contributed by atoms with E-state index in [1.165, 1.54) is 12.3 Å². The third-order valence-corrected chi connectivity index (χ3v) is 4.11. The fourth-order valence-corrected chi connectivity index (χ4v) is 2.54. The van der Waals surface area contributed by atoms with E-state index in [2.05, 4.69) is 0 Å². The lowest BCUT2D eigenvalue weighted by Gasteiger charge is -2.08. The fourth-order valence-electron chi connectivity index (χ4n) is 2.54. The Morgan fingerprint density at radius 3 is 2.65 bits per heavy atom. The Morgan fingerprint density at radius 1 is 1.08 bits per heavy atom. The molecule has 0 atom stereocenters. The maximum atomic E-state index is 12.6. The second kappa shape index (κ2) is 6.55. The molecule has 0 bridgehead atoms. The molecular weight excluding hydrogens is 336 g/mol. The molecule has 1 saturated carbocycles. The van der Waals surface area contributed by atoms with Crippen molar-refractivity contribution in [1.82, 2.24) is 0 Å². The molecule has 0 spiro atoms. The SMILES string of the molecule is COc1cccc(Oc2coc3cc(OC(=O)C4CC4)ccc3c2=O)c1. The molecule has 0 unspecified atom stereocenters. The van der Waals surface area contributed by atoms with Crippen LogP contribution in [0.1, 0.15) is 12.8 Å². The van der Waals surface area contributed by atoms with Crippen molar-refractivity contribution in [3.8, 4) is 23.0 Å². The predicted molar refractivity (Wildman–Crippen MR) is 93.9 cm³/mol. The van der Waals surface area contributed by atoms with Crippen molar-refractivity contribution >= 4 is 16.9 Å².